The van der Waals surface area contributed by atoms with Gasteiger partial charge in [0.25, 0.3) is 0 Å². The number of ketones is 1. The molecule has 0 radical (unpaired) electrons. The molecule has 2 aromatic carbocycles. The zero-order valence-electron chi connectivity index (χ0n) is 14.4. The van der Waals surface area contributed by atoms with Crippen LogP contribution in [0.1, 0.15) is 21.5 Å². The maximum atomic E-state index is 12.2. The summed E-state index contributed by atoms with van der Waals surface area (Å²) in [6.07, 6.45) is 6.69. The van der Waals surface area contributed by atoms with Crippen molar-refractivity contribution in [1.29, 1.82) is 0 Å². The van der Waals surface area contributed by atoms with Crippen molar-refractivity contribution in [3.63, 3.8) is 0 Å². The highest BCUT2D eigenvalue weighted by molar-refractivity contribution is 6.07. The van der Waals surface area contributed by atoms with E-state index in [4.69, 9.17) is 0 Å². The van der Waals surface area contributed by atoms with E-state index < -0.39 is 0 Å². The quantitative estimate of drug-likeness (QED) is 0.547. The van der Waals surface area contributed by atoms with Crippen LogP contribution in [0.15, 0.2) is 73.1 Å². The molecule has 1 aromatic heterocycles. The smallest absolute Gasteiger partial charge is 0.246 e. The summed E-state index contributed by atoms with van der Waals surface area (Å²) in [5.41, 5.74) is 3.37. The molecule has 1 N–H and O–H groups in total. The van der Waals surface area contributed by atoms with Crippen LogP contribution in [0.3, 0.4) is 0 Å². The van der Waals surface area contributed by atoms with Gasteiger partial charge < -0.3 is 5.32 Å². The number of aryl methyl sites for hydroxylation is 1. The van der Waals surface area contributed by atoms with E-state index in [1.807, 2.05) is 31.2 Å². The third-order valence-electron chi connectivity index (χ3n) is 3.82. The van der Waals surface area contributed by atoms with Crippen LogP contribution < -0.4 is 5.32 Å². The van der Waals surface area contributed by atoms with Crippen molar-refractivity contribution in [3.05, 3.63) is 89.8 Å². The molecular weight excluding hydrogens is 326 g/mol. The van der Waals surface area contributed by atoms with Crippen molar-refractivity contribution in [2.45, 2.75) is 13.5 Å². The first-order valence-electron chi connectivity index (χ1n) is 8.26. The third kappa shape index (κ3) is 4.77. The Hall–Kier alpha value is -3.47. The number of rotatable bonds is 6. The molecule has 0 saturated heterocycles. The molecule has 3 rings (SSSR count). The monoisotopic (exact) mass is 345 g/mol. The number of nitrogens with zero attached hydrogens (tertiary/aromatic N) is 2. The van der Waals surface area contributed by atoms with Gasteiger partial charge in [-0.25, -0.2) is 0 Å². The highest BCUT2D eigenvalue weighted by Gasteiger charge is 2.05. The van der Waals surface area contributed by atoms with Gasteiger partial charge >= 0.3 is 0 Å². The predicted octanol–water partition coefficient (Wildman–Crippen LogP) is 3.73. The van der Waals surface area contributed by atoms with Gasteiger partial charge in [0, 0.05) is 23.6 Å². The van der Waals surface area contributed by atoms with Gasteiger partial charge in [-0.3, -0.25) is 14.3 Å². The van der Waals surface area contributed by atoms with Crippen LogP contribution in [0.5, 0.6) is 0 Å². The Morgan fingerprint density at radius 3 is 2.46 bits per heavy atom. The zero-order chi connectivity index (χ0) is 18.4. The van der Waals surface area contributed by atoms with E-state index in [9.17, 15) is 9.59 Å². The van der Waals surface area contributed by atoms with E-state index in [1.165, 1.54) is 5.56 Å². The van der Waals surface area contributed by atoms with E-state index >= 15 is 0 Å². The summed E-state index contributed by atoms with van der Waals surface area (Å²) >= 11 is 0. The molecule has 0 bridgehead atoms. The Bertz CT molecular complexity index is 909. The van der Waals surface area contributed by atoms with Crippen LogP contribution in [0.4, 0.5) is 5.69 Å². The van der Waals surface area contributed by atoms with E-state index in [-0.39, 0.29) is 18.2 Å². The second kappa shape index (κ2) is 8.07. The van der Waals surface area contributed by atoms with Gasteiger partial charge in [-0.1, -0.05) is 35.9 Å². The standard InChI is InChI=1S/C21H19N3O2/c1-16-3-5-17(6-4-16)7-12-20(25)18-8-10-19(11-9-18)23-21(26)15-24-14-2-13-22-24/h2-14H,15H2,1H3,(H,23,26)/b12-7+. The molecule has 0 unspecified atom stereocenters. The van der Waals surface area contributed by atoms with Crippen LogP contribution in [0.2, 0.25) is 0 Å². The van der Waals surface area contributed by atoms with Gasteiger partial charge in [-0.05, 0) is 48.9 Å². The lowest BCUT2D eigenvalue weighted by molar-refractivity contribution is -0.116. The van der Waals surface area contributed by atoms with Gasteiger partial charge in [0.2, 0.25) is 5.91 Å². The fourth-order valence-electron chi connectivity index (χ4n) is 2.41. The van der Waals surface area contributed by atoms with E-state index in [2.05, 4.69) is 10.4 Å². The Morgan fingerprint density at radius 1 is 1.08 bits per heavy atom. The maximum absolute atomic E-state index is 12.2. The number of allylic oxidation sites excluding steroid dienone is 1. The first-order valence-corrected chi connectivity index (χ1v) is 8.26. The summed E-state index contributed by atoms with van der Waals surface area (Å²) in [5.74, 6) is -0.257. The molecule has 1 amide bonds. The minimum absolute atomic E-state index is 0.0833. The van der Waals surface area contributed by atoms with Crippen LogP contribution in [-0.2, 0) is 11.3 Å². The Balaban J connectivity index is 1.58. The number of anilines is 1. The highest BCUT2D eigenvalue weighted by atomic mass is 16.2. The minimum atomic E-state index is -0.174. The third-order valence-corrected chi connectivity index (χ3v) is 3.82. The molecular formula is C21H19N3O2. The number of carbonyl (C=O) groups is 2. The molecule has 1 heterocycles. The molecule has 0 saturated carbocycles. The van der Waals surface area contributed by atoms with Gasteiger partial charge in [0.15, 0.2) is 5.78 Å². The largest absolute Gasteiger partial charge is 0.324 e. The van der Waals surface area contributed by atoms with Gasteiger partial charge in [0.05, 0.1) is 0 Å². The van der Waals surface area contributed by atoms with Crippen molar-refractivity contribution in [3.8, 4) is 0 Å². The second-order valence-electron chi connectivity index (χ2n) is 5.94. The number of benzene rings is 2. The van der Waals surface area contributed by atoms with Crippen molar-refractivity contribution in [2.24, 2.45) is 0 Å². The fraction of sp³-hybridized carbons (Fsp3) is 0.0952. The molecule has 0 fully saturated rings. The molecule has 130 valence electrons. The summed E-state index contributed by atoms with van der Waals surface area (Å²) in [7, 11) is 0. The first-order chi connectivity index (χ1) is 12.6. The number of amides is 1. The van der Waals surface area contributed by atoms with Crippen LogP contribution in [-0.4, -0.2) is 21.5 Å². The van der Waals surface area contributed by atoms with Crippen LogP contribution >= 0.6 is 0 Å². The molecule has 0 spiro atoms. The Labute approximate surface area is 152 Å². The lowest BCUT2D eigenvalue weighted by atomic mass is 10.1. The number of hydrogen-bond acceptors (Lipinski definition) is 3. The number of hydrogen-bond donors (Lipinski definition) is 1. The summed E-state index contributed by atoms with van der Waals surface area (Å²) in [4.78, 5) is 24.2. The molecule has 5 nitrogen and oxygen atoms in total. The topological polar surface area (TPSA) is 64.0 Å². The first kappa shape index (κ1) is 17.4. The minimum Gasteiger partial charge on any atom is -0.324 e. The van der Waals surface area contributed by atoms with Crippen LogP contribution in [0, 0.1) is 6.92 Å². The van der Waals surface area contributed by atoms with E-state index in [0.717, 1.165) is 5.56 Å². The summed E-state index contributed by atoms with van der Waals surface area (Å²) in [6, 6.07) is 16.5. The lowest BCUT2D eigenvalue weighted by Gasteiger charge is -2.06. The molecule has 0 aliphatic carbocycles. The highest BCUT2D eigenvalue weighted by Crippen LogP contribution is 2.12. The summed E-state index contributed by atoms with van der Waals surface area (Å²) in [6.45, 7) is 2.17. The lowest BCUT2D eigenvalue weighted by Crippen LogP contribution is -2.18. The van der Waals surface area contributed by atoms with Crippen molar-refractivity contribution in [2.75, 3.05) is 5.32 Å². The van der Waals surface area contributed by atoms with Gasteiger partial charge in [-0.2, -0.15) is 5.10 Å². The average Bonchev–Trinajstić information content (AvgIpc) is 3.14. The van der Waals surface area contributed by atoms with E-state index in [0.29, 0.717) is 11.3 Å². The van der Waals surface area contributed by atoms with Gasteiger partial charge in [0.1, 0.15) is 6.54 Å². The predicted molar refractivity (Wildman–Crippen MR) is 102 cm³/mol. The van der Waals surface area contributed by atoms with Crippen LogP contribution in [0.25, 0.3) is 6.08 Å². The van der Waals surface area contributed by atoms with E-state index in [1.54, 1.807) is 59.6 Å². The molecule has 0 aliphatic rings. The van der Waals surface area contributed by atoms with Crippen molar-refractivity contribution in [1.82, 2.24) is 9.78 Å². The molecule has 26 heavy (non-hydrogen) atoms. The normalized spacial score (nSPS) is 10.8. The average molecular weight is 345 g/mol. The zero-order valence-corrected chi connectivity index (χ0v) is 14.4. The Kier molecular flexibility index (Phi) is 5.39. The fourth-order valence-corrected chi connectivity index (χ4v) is 2.41. The second-order valence-corrected chi connectivity index (χ2v) is 5.94. The number of aromatic nitrogens is 2. The molecule has 5 heteroatoms. The number of nitrogens with one attached hydrogen (secondary N) is 1. The van der Waals surface area contributed by atoms with Crippen molar-refractivity contribution < 1.29 is 9.59 Å². The van der Waals surface area contributed by atoms with Crippen molar-refractivity contribution >= 4 is 23.5 Å². The molecule has 0 aliphatic heterocycles. The molecule has 3 aromatic rings. The van der Waals surface area contributed by atoms with Gasteiger partial charge in [-0.15, -0.1) is 0 Å². The maximum Gasteiger partial charge on any atom is 0.246 e. The summed E-state index contributed by atoms with van der Waals surface area (Å²) in [5, 5.41) is 6.77. The Morgan fingerprint density at radius 2 is 1.81 bits per heavy atom. The molecule has 0 atom stereocenters. The number of carbonyl (C=O) groups excluding carboxylic acids is 2. The summed E-state index contributed by atoms with van der Waals surface area (Å²) < 4.78 is 1.54. The SMILES string of the molecule is Cc1ccc(/C=C/C(=O)c2ccc(NC(=O)Cn3cccn3)cc2)cc1.